The number of carbonyl (C=O) groups excluding carboxylic acids is 4. The second kappa shape index (κ2) is 9.63. The van der Waals surface area contributed by atoms with Crippen LogP contribution in [0.1, 0.15) is 52.7 Å². The Hall–Kier alpha value is -5.12. The molecule has 0 atom stereocenters. The Kier molecular flexibility index (Phi) is 6.42. The fraction of sp³-hybridized carbons (Fsp3) is 0.0769. The lowest BCUT2D eigenvalue weighted by atomic mass is 10.0. The van der Waals surface area contributed by atoms with Gasteiger partial charge in [-0.25, -0.2) is 9.59 Å². The van der Waals surface area contributed by atoms with Crippen LogP contribution >= 0.6 is 0 Å². The summed E-state index contributed by atoms with van der Waals surface area (Å²) in [5, 5.41) is 11.2. The standard InChI is InChI=1S/C26H18N2O8/c1-35-25(31)20-19-14-17(23(29)15-7-4-3-5-8-15)11-12-27(19)22(21(20)26(32)36-2)24(30)16-9-6-10-18(13-16)28(33)34/h3-14H,1-2H3. The average molecular weight is 486 g/mol. The third-order valence-corrected chi connectivity index (χ3v) is 5.55. The van der Waals surface area contributed by atoms with E-state index in [1.165, 1.54) is 40.9 Å². The summed E-state index contributed by atoms with van der Waals surface area (Å²) in [6, 6.07) is 16.2. The minimum Gasteiger partial charge on any atom is -0.465 e. The molecule has 0 fully saturated rings. The van der Waals surface area contributed by atoms with Crippen molar-refractivity contribution in [3.05, 3.63) is 117 Å². The summed E-state index contributed by atoms with van der Waals surface area (Å²) in [6.07, 6.45) is 1.37. The van der Waals surface area contributed by atoms with Crippen molar-refractivity contribution in [2.45, 2.75) is 0 Å². The number of aromatic nitrogens is 1. The minimum absolute atomic E-state index is 0.0535. The fourth-order valence-corrected chi connectivity index (χ4v) is 3.88. The molecule has 0 radical (unpaired) electrons. The summed E-state index contributed by atoms with van der Waals surface area (Å²) >= 11 is 0. The van der Waals surface area contributed by atoms with Gasteiger partial charge in [-0.05, 0) is 12.1 Å². The number of ketones is 2. The number of rotatable bonds is 7. The van der Waals surface area contributed by atoms with Gasteiger partial charge in [0.25, 0.3) is 5.69 Å². The Bertz CT molecular complexity index is 1550. The van der Waals surface area contributed by atoms with Crippen molar-refractivity contribution in [3.63, 3.8) is 0 Å². The highest BCUT2D eigenvalue weighted by Crippen LogP contribution is 2.30. The molecule has 0 saturated heterocycles. The van der Waals surface area contributed by atoms with Gasteiger partial charge in [0.1, 0.15) is 16.8 Å². The number of carbonyl (C=O) groups is 4. The van der Waals surface area contributed by atoms with Crippen molar-refractivity contribution in [2.75, 3.05) is 14.2 Å². The number of esters is 2. The second-order valence-corrected chi connectivity index (χ2v) is 7.58. The van der Waals surface area contributed by atoms with Gasteiger partial charge in [0, 0.05) is 35.0 Å². The molecule has 0 aliphatic carbocycles. The summed E-state index contributed by atoms with van der Waals surface area (Å²) in [7, 11) is 2.19. The Morgan fingerprint density at radius 2 is 1.36 bits per heavy atom. The summed E-state index contributed by atoms with van der Waals surface area (Å²) in [5.74, 6) is -3.05. The first kappa shape index (κ1) is 24.0. The molecule has 0 saturated carbocycles. The van der Waals surface area contributed by atoms with Crippen LogP contribution in [0.3, 0.4) is 0 Å². The van der Waals surface area contributed by atoms with E-state index in [0.717, 1.165) is 20.3 Å². The van der Waals surface area contributed by atoms with E-state index in [-0.39, 0.29) is 44.9 Å². The van der Waals surface area contributed by atoms with E-state index < -0.39 is 22.6 Å². The van der Waals surface area contributed by atoms with E-state index in [9.17, 15) is 29.3 Å². The number of nitro groups is 1. The molecule has 0 aliphatic rings. The third kappa shape index (κ3) is 4.11. The van der Waals surface area contributed by atoms with E-state index in [1.807, 2.05) is 0 Å². The summed E-state index contributed by atoms with van der Waals surface area (Å²) in [4.78, 5) is 62.8. The van der Waals surface area contributed by atoms with Crippen molar-refractivity contribution in [1.82, 2.24) is 4.40 Å². The number of non-ortho nitro benzene ring substituents is 1. The van der Waals surface area contributed by atoms with Crippen LogP contribution in [0.25, 0.3) is 5.52 Å². The van der Waals surface area contributed by atoms with Crippen LogP contribution in [0.5, 0.6) is 0 Å². The molecule has 2 aromatic carbocycles. The van der Waals surface area contributed by atoms with Crippen molar-refractivity contribution in [2.24, 2.45) is 0 Å². The van der Waals surface area contributed by atoms with Gasteiger partial charge in [-0.15, -0.1) is 0 Å². The number of hydrogen-bond acceptors (Lipinski definition) is 8. The zero-order valence-electron chi connectivity index (χ0n) is 19.1. The van der Waals surface area contributed by atoms with E-state index in [0.29, 0.717) is 5.56 Å². The molecule has 0 N–H and O–H groups in total. The molecular formula is C26H18N2O8. The highest BCUT2D eigenvalue weighted by molar-refractivity contribution is 6.20. The number of pyridine rings is 1. The zero-order valence-corrected chi connectivity index (χ0v) is 19.1. The van der Waals surface area contributed by atoms with E-state index >= 15 is 0 Å². The highest BCUT2D eigenvalue weighted by Gasteiger charge is 2.33. The molecule has 0 aliphatic heterocycles. The van der Waals surface area contributed by atoms with E-state index in [2.05, 4.69) is 0 Å². The van der Waals surface area contributed by atoms with Gasteiger partial charge in [0.05, 0.1) is 24.7 Å². The summed E-state index contributed by atoms with van der Waals surface area (Å²) in [5.41, 5.74) is -0.698. The smallest absolute Gasteiger partial charge is 0.341 e. The SMILES string of the molecule is COC(=O)c1c(C(=O)OC)c2cc(C(=O)c3ccccc3)ccn2c1C(=O)c1cccc([N+](=O)[O-])c1. The van der Waals surface area contributed by atoms with Gasteiger partial charge in [-0.1, -0.05) is 42.5 Å². The monoisotopic (exact) mass is 486 g/mol. The fourth-order valence-electron chi connectivity index (χ4n) is 3.88. The first-order valence-electron chi connectivity index (χ1n) is 10.5. The minimum atomic E-state index is -0.996. The number of hydrogen-bond donors (Lipinski definition) is 0. The highest BCUT2D eigenvalue weighted by atomic mass is 16.6. The van der Waals surface area contributed by atoms with E-state index in [1.54, 1.807) is 30.3 Å². The lowest BCUT2D eigenvalue weighted by molar-refractivity contribution is -0.384. The normalized spacial score (nSPS) is 10.6. The van der Waals surface area contributed by atoms with E-state index in [4.69, 9.17) is 9.47 Å². The lowest BCUT2D eigenvalue weighted by Gasteiger charge is -2.07. The Labute approximate surface area is 203 Å². The predicted molar refractivity (Wildman–Crippen MR) is 126 cm³/mol. The van der Waals surface area contributed by atoms with Crippen LogP contribution in [-0.4, -0.2) is 47.0 Å². The number of nitrogens with zero attached hydrogens (tertiary/aromatic N) is 2. The maximum Gasteiger partial charge on any atom is 0.341 e. The number of benzene rings is 2. The molecule has 10 nitrogen and oxygen atoms in total. The molecule has 0 bridgehead atoms. The molecule has 4 rings (SSSR count). The van der Waals surface area contributed by atoms with Crippen LogP contribution in [-0.2, 0) is 9.47 Å². The number of methoxy groups -OCH3 is 2. The topological polar surface area (TPSA) is 134 Å². The van der Waals surface area contributed by atoms with Gasteiger partial charge in [-0.2, -0.15) is 0 Å². The van der Waals surface area contributed by atoms with Gasteiger partial charge in [0.15, 0.2) is 5.78 Å². The second-order valence-electron chi connectivity index (χ2n) is 7.58. The molecule has 2 aromatic heterocycles. The Balaban J connectivity index is 2.01. The first-order valence-corrected chi connectivity index (χ1v) is 10.5. The van der Waals surface area contributed by atoms with Crippen LogP contribution in [0, 0.1) is 10.1 Å². The predicted octanol–water partition coefficient (Wildman–Crippen LogP) is 3.88. The summed E-state index contributed by atoms with van der Waals surface area (Å²) < 4.78 is 11.0. The molecule has 4 aromatic rings. The van der Waals surface area contributed by atoms with Crippen molar-refractivity contribution in [3.8, 4) is 0 Å². The van der Waals surface area contributed by atoms with Crippen molar-refractivity contribution in [1.29, 1.82) is 0 Å². The van der Waals surface area contributed by atoms with Gasteiger partial charge < -0.3 is 13.9 Å². The van der Waals surface area contributed by atoms with Gasteiger partial charge in [-0.3, -0.25) is 19.7 Å². The maximum atomic E-state index is 13.6. The van der Waals surface area contributed by atoms with Crippen molar-refractivity contribution >= 4 is 34.7 Å². The maximum absolute atomic E-state index is 13.6. The van der Waals surface area contributed by atoms with Gasteiger partial charge in [0.2, 0.25) is 5.78 Å². The average Bonchev–Trinajstić information content (AvgIpc) is 3.26. The zero-order chi connectivity index (χ0) is 26.0. The van der Waals surface area contributed by atoms with Crippen LogP contribution < -0.4 is 0 Å². The lowest BCUT2D eigenvalue weighted by Crippen LogP contribution is -2.15. The Morgan fingerprint density at radius 3 is 2.00 bits per heavy atom. The molecule has 36 heavy (non-hydrogen) atoms. The third-order valence-electron chi connectivity index (χ3n) is 5.55. The molecule has 0 amide bonds. The Morgan fingerprint density at radius 1 is 0.750 bits per heavy atom. The molecule has 0 spiro atoms. The quantitative estimate of drug-likeness (QED) is 0.166. The number of nitro benzene ring substituents is 1. The molecule has 10 heteroatoms. The van der Waals surface area contributed by atoms with Crippen LogP contribution in [0.4, 0.5) is 5.69 Å². The molecule has 180 valence electrons. The van der Waals surface area contributed by atoms with Crippen LogP contribution in [0.15, 0.2) is 72.9 Å². The number of ether oxygens (including phenoxy) is 2. The largest absolute Gasteiger partial charge is 0.465 e. The summed E-state index contributed by atoms with van der Waals surface area (Å²) in [6.45, 7) is 0. The van der Waals surface area contributed by atoms with Crippen molar-refractivity contribution < 1.29 is 33.6 Å². The van der Waals surface area contributed by atoms with Gasteiger partial charge >= 0.3 is 11.9 Å². The first-order chi connectivity index (χ1) is 17.3. The molecular weight excluding hydrogens is 468 g/mol. The molecule has 0 unspecified atom stereocenters. The number of fused-ring (bicyclic) bond motifs is 1. The van der Waals surface area contributed by atoms with Crippen LogP contribution in [0.2, 0.25) is 0 Å². The molecule has 2 heterocycles.